The normalized spacial score (nSPS) is 11.4. The van der Waals surface area contributed by atoms with E-state index in [1.807, 2.05) is 0 Å². The molecule has 0 aliphatic rings. The summed E-state index contributed by atoms with van der Waals surface area (Å²) in [7, 11) is -3.38. The van der Waals surface area contributed by atoms with E-state index in [1.54, 1.807) is 49.5 Å². The van der Waals surface area contributed by atoms with Crippen molar-refractivity contribution >= 4 is 15.5 Å². The fourth-order valence-electron chi connectivity index (χ4n) is 1.78. The Labute approximate surface area is 106 Å². The van der Waals surface area contributed by atoms with Gasteiger partial charge < -0.3 is 5.73 Å². The van der Waals surface area contributed by atoms with Crippen LogP contribution in [0.3, 0.4) is 0 Å². The molecule has 0 spiro atoms. The van der Waals surface area contributed by atoms with Crippen molar-refractivity contribution in [1.82, 2.24) is 4.98 Å². The van der Waals surface area contributed by atoms with Gasteiger partial charge in [-0.25, -0.2) is 8.42 Å². The van der Waals surface area contributed by atoms with Crippen LogP contribution in [-0.2, 0) is 15.6 Å². The first-order chi connectivity index (χ1) is 8.49. The summed E-state index contributed by atoms with van der Waals surface area (Å²) in [5.74, 6) is -0.0986. The molecule has 0 amide bonds. The van der Waals surface area contributed by atoms with E-state index in [9.17, 15) is 8.42 Å². The van der Waals surface area contributed by atoms with Gasteiger partial charge in [-0.15, -0.1) is 0 Å². The summed E-state index contributed by atoms with van der Waals surface area (Å²) < 4.78 is 24.5. The summed E-state index contributed by atoms with van der Waals surface area (Å²) in [6.07, 6.45) is 1.58. The van der Waals surface area contributed by atoms with E-state index in [2.05, 4.69) is 4.98 Å². The molecule has 1 aromatic heterocycles. The Kier molecular flexibility index (Phi) is 3.34. The second-order valence-corrected chi connectivity index (χ2v) is 6.06. The zero-order valence-electron chi connectivity index (χ0n) is 10.00. The van der Waals surface area contributed by atoms with E-state index in [0.29, 0.717) is 21.8 Å². The first kappa shape index (κ1) is 12.6. The summed E-state index contributed by atoms with van der Waals surface area (Å²) in [6.45, 7) is 1.74. The molecular weight excluding hydrogens is 248 g/mol. The van der Waals surface area contributed by atoms with Gasteiger partial charge in [-0.3, -0.25) is 4.98 Å². The maximum absolute atomic E-state index is 12.3. The Morgan fingerprint density at radius 3 is 2.61 bits per heavy atom. The average Bonchev–Trinajstić information content (AvgIpc) is 2.29. The predicted molar refractivity (Wildman–Crippen MR) is 70.7 cm³/mol. The molecule has 0 saturated carbocycles. The summed E-state index contributed by atoms with van der Waals surface area (Å²) in [5, 5.41) is 0. The third-order valence-electron chi connectivity index (χ3n) is 2.60. The number of nitrogens with two attached hydrogens (primary N) is 1. The van der Waals surface area contributed by atoms with E-state index in [-0.39, 0.29) is 5.75 Å². The van der Waals surface area contributed by atoms with Crippen LogP contribution in [0.5, 0.6) is 0 Å². The van der Waals surface area contributed by atoms with Crippen LogP contribution in [0.15, 0.2) is 47.5 Å². The molecule has 2 rings (SSSR count). The van der Waals surface area contributed by atoms with Gasteiger partial charge in [-0.05, 0) is 42.8 Å². The van der Waals surface area contributed by atoms with Crippen molar-refractivity contribution in [2.24, 2.45) is 0 Å². The van der Waals surface area contributed by atoms with Crippen molar-refractivity contribution in [1.29, 1.82) is 0 Å². The predicted octanol–water partition coefficient (Wildman–Crippen LogP) is 1.95. The molecule has 0 radical (unpaired) electrons. The largest absolute Gasteiger partial charge is 0.399 e. The Balaban J connectivity index is 2.37. The maximum atomic E-state index is 12.3. The molecule has 94 valence electrons. The number of hydrogen-bond donors (Lipinski definition) is 1. The van der Waals surface area contributed by atoms with Gasteiger partial charge in [0.15, 0.2) is 9.84 Å². The smallest absolute Gasteiger partial charge is 0.184 e. The standard InChI is InChI=1S/C13H14N2O2S/c1-10-8-11(14)5-6-13(10)18(16,17)9-12-4-2-3-7-15-12/h2-8H,9,14H2,1H3. The Bertz CT molecular complexity index is 652. The third-order valence-corrected chi connectivity index (χ3v) is 4.40. The quantitative estimate of drug-likeness (QED) is 0.858. The molecule has 0 saturated heterocycles. The summed E-state index contributed by atoms with van der Waals surface area (Å²) in [5.41, 5.74) is 7.37. The minimum Gasteiger partial charge on any atom is -0.399 e. The third kappa shape index (κ3) is 2.68. The van der Waals surface area contributed by atoms with E-state index < -0.39 is 9.84 Å². The first-order valence-corrected chi connectivity index (χ1v) is 7.13. The number of pyridine rings is 1. The van der Waals surface area contributed by atoms with Crippen LogP contribution in [0.2, 0.25) is 0 Å². The summed E-state index contributed by atoms with van der Waals surface area (Å²) >= 11 is 0. The van der Waals surface area contributed by atoms with Crippen molar-refractivity contribution in [2.45, 2.75) is 17.6 Å². The minimum atomic E-state index is -3.38. The number of aryl methyl sites for hydroxylation is 1. The van der Waals surface area contributed by atoms with Gasteiger partial charge in [0.2, 0.25) is 0 Å². The van der Waals surface area contributed by atoms with Gasteiger partial charge >= 0.3 is 0 Å². The second-order valence-electron chi connectivity index (χ2n) is 4.11. The molecule has 1 aromatic carbocycles. The summed E-state index contributed by atoms with van der Waals surface area (Å²) in [4.78, 5) is 4.34. The SMILES string of the molecule is Cc1cc(N)ccc1S(=O)(=O)Cc1ccccn1. The van der Waals surface area contributed by atoms with E-state index in [1.165, 1.54) is 0 Å². The number of aromatic nitrogens is 1. The molecule has 0 unspecified atom stereocenters. The van der Waals surface area contributed by atoms with Crippen LogP contribution in [0, 0.1) is 6.92 Å². The Hall–Kier alpha value is -1.88. The van der Waals surface area contributed by atoms with Crippen molar-refractivity contribution in [2.75, 3.05) is 5.73 Å². The fraction of sp³-hybridized carbons (Fsp3) is 0.154. The Morgan fingerprint density at radius 2 is 2.00 bits per heavy atom. The number of benzene rings is 1. The minimum absolute atomic E-state index is 0.0986. The zero-order valence-corrected chi connectivity index (χ0v) is 10.8. The molecule has 5 heteroatoms. The van der Waals surface area contributed by atoms with Gasteiger partial charge in [0.1, 0.15) is 0 Å². The molecule has 4 nitrogen and oxygen atoms in total. The number of anilines is 1. The number of rotatable bonds is 3. The van der Waals surface area contributed by atoms with Crippen molar-refractivity contribution in [3.05, 3.63) is 53.9 Å². The highest BCUT2D eigenvalue weighted by Gasteiger charge is 2.18. The van der Waals surface area contributed by atoms with Crippen LogP contribution >= 0.6 is 0 Å². The molecular formula is C13H14N2O2S. The van der Waals surface area contributed by atoms with Crippen LogP contribution in [0.25, 0.3) is 0 Å². The molecule has 1 heterocycles. The highest BCUT2D eigenvalue weighted by atomic mass is 32.2. The van der Waals surface area contributed by atoms with Crippen molar-refractivity contribution in [3.8, 4) is 0 Å². The van der Waals surface area contributed by atoms with Crippen LogP contribution < -0.4 is 5.73 Å². The lowest BCUT2D eigenvalue weighted by Gasteiger charge is -2.08. The molecule has 2 aromatic rings. The molecule has 0 bridgehead atoms. The van der Waals surface area contributed by atoms with Gasteiger partial charge in [-0.2, -0.15) is 0 Å². The summed E-state index contributed by atoms with van der Waals surface area (Å²) in [6, 6.07) is 10.0. The van der Waals surface area contributed by atoms with Gasteiger partial charge in [-0.1, -0.05) is 6.07 Å². The number of sulfone groups is 1. The van der Waals surface area contributed by atoms with Crippen LogP contribution in [0.4, 0.5) is 5.69 Å². The van der Waals surface area contributed by atoms with E-state index in [4.69, 9.17) is 5.73 Å². The van der Waals surface area contributed by atoms with E-state index in [0.717, 1.165) is 0 Å². The first-order valence-electron chi connectivity index (χ1n) is 5.48. The highest BCUT2D eigenvalue weighted by Crippen LogP contribution is 2.21. The molecule has 18 heavy (non-hydrogen) atoms. The zero-order chi connectivity index (χ0) is 13.2. The van der Waals surface area contributed by atoms with Gasteiger partial charge in [0, 0.05) is 11.9 Å². The lowest BCUT2D eigenvalue weighted by atomic mass is 10.2. The van der Waals surface area contributed by atoms with Crippen LogP contribution in [-0.4, -0.2) is 13.4 Å². The van der Waals surface area contributed by atoms with Gasteiger partial charge in [0.05, 0.1) is 16.3 Å². The second kappa shape index (κ2) is 4.78. The highest BCUT2D eigenvalue weighted by molar-refractivity contribution is 7.90. The lowest BCUT2D eigenvalue weighted by Crippen LogP contribution is -2.08. The van der Waals surface area contributed by atoms with Crippen molar-refractivity contribution < 1.29 is 8.42 Å². The van der Waals surface area contributed by atoms with Gasteiger partial charge in [0.25, 0.3) is 0 Å². The number of nitrogen functional groups attached to an aromatic ring is 1. The Morgan fingerprint density at radius 1 is 1.22 bits per heavy atom. The number of hydrogen-bond acceptors (Lipinski definition) is 4. The monoisotopic (exact) mass is 262 g/mol. The molecule has 2 N–H and O–H groups in total. The van der Waals surface area contributed by atoms with E-state index >= 15 is 0 Å². The molecule has 0 aliphatic heterocycles. The maximum Gasteiger partial charge on any atom is 0.184 e. The number of nitrogens with zero attached hydrogens (tertiary/aromatic N) is 1. The van der Waals surface area contributed by atoms with Crippen molar-refractivity contribution in [3.63, 3.8) is 0 Å². The topological polar surface area (TPSA) is 73.1 Å². The molecule has 0 aliphatic carbocycles. The lowest BCUT2D eigenvalue weighted by molar-refractivity contribution is 0.594. The molecule has 0 atom stereocenters. The fourth-order valence-corrected chi connectivity index (χ4v) is 3.32. The van der Waals surface area contributed by atoms with Crippen LogP contribution in [0.1, 0.15) is 11.3 Å². The average molecular weight is 262 g/mol. The molecule has 0 fully saturated rings.